The maximum absolute atomic E-state index is 14.1. The number of carbonyl (C=O) groups is 4. The maximum atomic E-state index is 14.1. The van der Waals surface area contributed by atoms with Crippen LogP contribution in [0.15, 0.2) is 35.4 Å². The highest BCUT2D eigenvalue weighted by Crippen LogP contribution is 2.73. The fraction of sp³-hybridized carbons (Fsp3) is 0.636. The molecule has 5 heterocycles. The fourth-order valence-electron chi connectivity index (χ4n) is 9.08. The quantitative estimate of drug-likeness (QED) is 0.142. The lowest BCUT2D eigenvalue weighted by atomic mass is 9.49. The Bertz CT molecular complexity index is 1660. The molecule has 2 aliphatic carbocycles. The first-order chi connectivity index (χ1) is 22.7. The summed E-state index contributed by atoms with van der Waals surface area (Å²) >= 11 is 0. The van der Waals surface area contributed by atoms with Gasteiger partial charge in [0.2, 0.25) is 5.78 Å². The zero-order valence-corrected chi connectivity index (χ0v) is 26.4. The van der Waals surface area contributed by atoms with Crippen molar-refractivity contribution in [2.75, 3.05) is 13.2 Å². The second kappa shape index (κ2) is 10.4. The molecular formula is C33H37NO14. The minimum absolute atomic E-state index is 0.156. The van der Waals surface area contributed by atoms with Crippen LogP contribution in [0.2, 0.25) is 0 Å². The molecule has 0 amide bonds. The Balaban J connectivity index is 1.10. The zero-order valence-electron chi connectivity index (χ0n) is 26.4. The van der Waals surface area contributed by atoms with Crippen molar-refractivity contribution < 1.29 is 68.0 Å². The molecule has 258 valence electrons. The first kappa shape index (κ1) is 32.0. The maximum Gasteiger partial charge on any atom is 0.341 e. The number of carbonyl (C=O) groups excluding carboxylic acids is 4. The molecule has 2 unspecified atom stereocenters. The number of piperidine rings is 1. The van der Waals surface area contributed by atoms with Gasteiger partial charge in [0.25, 0.3) is 6.29 Å². The van der Waals surface area contributed by atoms with Crippen molar-refractivity contribution in [1.29, 1.82) is 0 Å². The van der Waals surface area contributed by atoms with Crippen LogP contribution in [0.1, 0.15) is 60.7 Å². The summed E-state index contributed by atoms with van der Waals surface area (Å²) in [7, 11) is 0. The van der Waals surface area contributed by atoms with Gasteiger partial charge in [0, 0.05) is 11.0 Å². The second-order valence-corrected chi connectivity index (χ2v) is 14.3. The van der Waals surface area contributed by atoms with E-state index in [9.17, 15) is 39.6 Å². The molecule has 1 saturated carbocycles. The van der Waals surface area contributed by atoms with Crippen LogP contribution in [0.4, 0.5) is 0 Å². The van der Waals surface area contributed by atoms with Crippen molar-refractivity contribution in [1.82, 2.24) is 5.32 Å². The standard InChI is InChI=1S/C33H37NO14/c1-13(2)31-28(46-26(41)15-7-5-4-6-14(15)25(40)45-27-23(38)22(37)21(36)19(11-35)44-27)32-20(47-32)10-18-17-12-43-24(39)16(17)8-9-30(18,3)33(32,42)34-29(31)48-31/h4-7,13,18-22,27-29,34-37,42H,8-12H2,1-3H3/t18-,19?,20-,21+,22?,27-,28+,29+,30-,31+,32+,33+/m0/s1. The molecule has 15 heteroatoms. The van der Waals surface area contributed by atoms with E-state index in [0.717, 1.165) is 5.57 Å². The number of cyclic esters (lactones) is 1. The van der Waals surface area contributed by atoms with Crippen molar-refractivity contribution in [2.45, 2.75) is 100.0 Å². The normalized spacial score (nSPS) is 45.2. The number of ketones is 1. The number of aliphatic hydroxyl groups excluding tert-OH is 3. The lowest BCUT2D eigenvalue weighted by Crippen LogP contribution is -2.80. The first-order valence-electron chi connectivity index (χ1n) is 16.2. The molecule has 5 N–H and O–H groups in total. The number of hydrogen-bond donors (Lipinski definition) is 5. The number of nitrogens with one attached hydrogen (secondary N) is 1. The number of fused-ring (bicyclic) bond motifs is 4. The highest BCUT2D eigenvalue weighted by Gasteiger charge is 2.92. The van der Waals surface area contributed by atoms with Crippen molar-refractivity contribution in [3.8, 4) is 0 Å². The molecular weight excluding hydrogens is 634 g/mol. The van der Waals surface area contributed by atoms with Gasteiger partial charge in [0.05, 0.1) is 23.8 Å². The summed E-state index contributed by atoms with van der Waals surface area (Å²) in [6.07, 6.45) is -8.13. The summed E-state index contributed by atoms with van der Waals surface area (Å²) in [5.74, 6) is -4.01. The van der Waals surface area contributed by atoms with Gasteiger partial charge < -0.3 is 48.8 Å². The average molecular weight is 672 g/mol. The molecule has 12 atom stereocenters. The Labute approximate surface area is 274 Å². The number of esters is 3. The van der Waals surface area contributed by atoms with E-state index in [1.54, 1.807) is 0 Å². The van der Waals surface area contributed by atoms with Crippen LogP contribution < -0.4 is 5.32 Å². The highest BCUT2D eigenvalue weighted by molar-refractivity contribution is 6.04. The lowest BCUT2D eigenvalue weighted by molar-refractivity contribution is -0.229. The molecule has 7 aliphatic rings. The van der Waals surface area contributed by atoms with Crippen LogP contribution in [-0.2, 0) is 38.0 Å². The molecule has 5 aliphatic heterocycles. The van der Waals surface area contributed by atoms with Crippen LogP contribution in [0.3, 0.4) is 0 Å². The predicted molar refractivity (Wildman–Crippen MR) is 155 cm³/mol. The topological polar surface area (TPSA) is 223 Å². The van der Waals surface area contributed by atoms with E-state index < -0.39 is 89.7 Å². The summed E-state index contributed by atoms with van der Waals surface area (Å²) in [4.78, 5) is 52.4. The van der Waals surface area contributed by atoms with E-state index in [0.29, 0.717) is 24.8 Å². The van der Waals surface area contributed by atoms with Crippen LogP contribution in [0.5, 0.6) is 0 Å². The van der Waals surface area contributed by atoms with Crippen molar-refractivity contribution >= 4 is 23.7 Å². The van der Waals surface area contributed by atoms with Gasteiger partial charge in [0.1, 0.15) is 31.1 Å². The molecule has 4 saturated heterocycles. The number of ether oxygens (including phenoxy) is 6. The Morgan fingerprint density at radius 2 is 1.77 bits per heavy atom. The molecule has 5 fully saturated rings. The van der Waals surface area contributed by atoms with Crippen LogP contribution >= 0.6 is 0 Å². The van der Waals surface area contributed by atoms with Gasteiger partial charge in [-0.05, 0) is 48.8 Å². The Morgan fingerprint density at radius 3 is 2.44 bits per heavy atom. The fourth-order valence-corrected chi connectivity index (χ4v) is 9.08. The number of rotatable bonds is 6. The Morgan fingerprint density at radius 1 is 1.08 bits per heavy atom. The first-order valence-corrected chi connectivity index (χ1v) is 16.2. The molecule has 0 aromatic heterocycles. The number of Topliss-reactive ketones (excluding diaryl/α,β-unsaturated/α-hetero) is 1. The van der Waals surface area contributed by atoms with Crippen LogP contribution in [0, 0.1) is 17.3 Å². The minimum atomic E-state index is -1.97. The van der Waals surface area contributed by atoms with E-state index in [-0.39, 0.29) is 35.5 Å². The summed E-state index contributed by atoms with van der Waals surface area (Å²) in [6, 6.07) is 5.60. The highest BCUT2D eigenvalue weighted by atomic mass is 16.7. The van der Waals surface area contributed by atoms with Gasteiger partial charge in [-0.25, -0.2) is 14.4 Å². The SMILES string of the molecule is CC(C)[C@]12O[C@H]1N[C@]1(O)[C@]3(O[C@H]3C[C@H]3C4=C(CC[C@@]31C)C(=O)OC4)[C@@H]2OC(=O)c1ccccc1C(=O)O[C@@H]1OC(CO)[C@@H](O)C(O)C1=O. The van der Waals surface area contributed by atoms with E-state index in [2.05, 4.69) is 5.32 Å². The molecule has 15 nitrogen and oxygen atoms in total. The Kier molecular flexibility index (Phi) is 6.90. The summed E-state index contributed by atoms with van der Waals surface area (Å²) in [5.41, 5.74) is -4.08. The molecule has 0 bridgehead atoms. The molecule has 48 heavy (non-hydrogen) atoms. The lowest BCUT2D eigenvalue weighted by Gasteiger charge is -2.60. The molecule has 1 aromatic carbocycles. The van der Waals surface area contributed by atoms with E-state index in [1.807, 2.05) is 20.8 Å². The number of hydrogen-bond acceptors (Lipinski definition) is 15. The minimum Gasteiger partial charge on any atom is -0.458 e. The van der Waals surface area contributed by atoms with Crippen molar-refractivity contribution in [2.24, 2.45) is 17.3 Å². The van der Waals surface area contributed by atoms with Crippen molar-refractivity contribution in [3.05, 3.63) is 46.5 Å². The average Bonchev–Trinajstić information content (AvgIpc) is 3.95. The molecule has 8 rings (SSSR count). The third-order valence-corrected chi connectivity index (χ3v) is 11.9. The van der Waals surface area contributed by atoms with Gasteiger partial charge in [-0.2, -0.15) is 0 Å². The van der Waals surface area contributed by atoms with Gasteiger partial charge in [-0.3, -0.25) is 10.1 Å². The molecule has 1 aromatic rings. The third-order valence-electron chi connectivity index (χ3n) is 11.9. The second-order valence-electron chi connectivity index (χ2n) is 14.3. The van der Waals surface area contributed by atoms with Crippen molar-refractivity contribution in [3.63, 3.8) is 0 Å². The van der Waals surface area contributed by atoms with E-state index in [1.165, 1.54) is 24.3 Å². The summed E-state index contributed by atoms with van der Waals surface area (Å²) in [6.45, 7) is 5.15. The van der Waals surface area contributed by atoms with Crippen LogP contribution in [0.25, 0.3) is 0 Å². The number of benzene rings is 1. The van der Waals surface area contributed by atoms with Gasteiger partial charge >= 0.3 is 17.9 Å². The molecule has 1 spiro atoms. The number of epoxide rings is 2. The largest absolute Gasteiger partial charge is 0.458 e. The predicted octanol–water partition coefficient (Wildman–Crippen LogP) is -0.769. The van der Waals surface area contributed by atoms with Gasteiger partial charge in [0.15, 0.2) is 23.0 Å². The van der Waals surface area contributed by atoms with Gasteiger partial charge in [-0.15, -0.1) is 0 Å². The van der Waals surface area contributed by atoms with E-state index in [4.69, 9.17) is 28.4 Å². The smallest absolute Gasteiger partial charge is 0.341 e. The molecule has 0 radical (unpaired) electrons. The third kappa shape index (κ3) is 3.92. The summed E-state index contributed by atoms with van der Waals surface area (Å²) < 4.78 is 34.8. The zero-order chi connectivity index (χ0) is 34.1. The van der Waals surface area contributed by atoms with Gasteiger partial charge in [-0.1, -0.05) is 32.9 Å². The van der Waals surface area contributed by atoms with Crippen LogP contribution in [-0.4, -0.2) is 117 Å². The Hall–Kier alpha value is -3.28. The number of aliphatic hydroxyl groups is 4. The van der Waals surface area contributed by atoms with E-state index >= 15 is 0 Å². The monoisotopic (exact) mass is 671 g/mol. The summed E-state index contributed by atoms with van der Waals surface area (Å²) in [5, 5.41) is 45.6.